The summed E-state index contributed by atoms with van der Waals surface area (Å²) in [4.78, 5) is 70.1. The number of carbonyl (C=O) groups is 5. The Balaban J connectivity index is 1.54. The number of nitrogens with zero attached hydrogens (tertiary/aromatic N) is 1. The van der Waals surface area contributed by atoms with E-state index in [1.165, 1.54) is 0 Å². The molecule has 4 rings (SSSR count). The highest BCUT2D eigenvalue weighted by Crippen LogP contribution is 2.36. The second kappa shape index (κ2) is 16.1. The maximum absolute atomic E-state index is 14.6. The number of sulfone groups is 1. The van der Waals surface area contributed by atoms with Crippen LogP contribution in [0.3, 0.4) is 0 Å². The number of amides is 5. The number of hydrogen-bond acceptors (Lipinski definition) is 7. The molecule has 290 valence electrons. The molecule has 4 N–H and O–H groups in total. The summed E-state index contributed by atoms with van der Waals surface area (Å²) in [6, 6.07) is -3.48. The largest absolute Gasteiger partial charge is 0.347 e. The van der Waals surface area contributed by atoms with Crippen LogP contribution in [0, 0.1) is 23.2 Å². The topological polar surface area (TPSA) is 171 Å². The van der Waals surface area contributed by atoms with Crippen LogP contribution in [0.1, 0.15) is 139 Å². The lowest BCUT2D eigenvalue weighted by atomic mass is 9.83. The first-order valence-corrected chi connectivity index (χ1v) is 21.0. The van der Waals surface area contributed by atoms with Gasteiger partial charge in [0.25, 0.3) is 5.91 Å². The van der Waals surface area contributed by atoms with E-state index in [9.17, 15) is 32.4 Å². The Kier molecular flexibility index (Phi) is 13.0. The maximum Gasteiger partial charge on any atom is 0.315 e. The summed E-state index contributed by atoms with van der Waals surface area (Å²) in [6.07, 6.45) is 9.71. The first-order chi connectivity index (χ1) is 23.6. The van der Waals surface area contributed by atoms with Crippen LogP contribution in [0.15, 0.2) is 0 Å². The molecule has 4 fully saturated rings. The van der Waals surface area contributed by atoms with Crippen molar-refractivity contribution in [1.29, 1.82) is 0 Å². The van der Waals surface area contributed by atoms with Crippen molar-refractivity contribution in [3.63, 3.8) is 0 Å². The lowest BCUT2D eigenvalue weighted by Crippen LogP contribution is -2.63. The summed E-state index contributed by atoms with van der Waals surface area (Å²) in [5.74, 6) is -1.53. The van der Waals surface area contributed by atoms with Crippen LogP contribution in [0.25, 0.3) is 0 Å². The van der Waals surface area contributed by atoms with Gasteiger partial charge in [-0.2, -0.15) is 0 Å². The zero-order valence-electron chi connectivity index (χ0n) is 32.4. The average molecular weight is 736 g/mol. The van der Waals surface area contributed by atoms with E-state index in [4.69, 9.17) is 0 Å². The highest BCUT2D eigenvalue weighted by Gasteiger charge is 2.47. The van der Waals surface area contributed by atoms with E-state index in [1.807, 2.05) is 20.8 Å². The van der Waals surface area contributed by atoms with Crippen LogP contribution in [0.5, 0.6) is 0 Å². The minimum atomic E-state index is -3.56. The van der Waals surface area contributed by atoms with Gasteiger partial charge in [-0.15, -0.1) is 0 Å². The lowest BCUT2D eigenvalue weighted by Gasteiger charge is -2.41. The molecule has 3 saturated carbocycles. The van der Waals surface area contributed by atoms with Gasteiger partial charge in [0.15, 0.2) is 9.84 Å². The molecule has 0 spiro atoms. The highest BCUT2D eigenvalue weighted by atomic mass is 32.2. The first kappa shape index (κ1) is 41.1. The quantitative estimate of drug-likeness (QED) is 0.181. The molecular formula is C38H65N5O7S. The molecule has 0 aromatic heterocycles. The van der Waals surface area contributed by atoms with Gasteiger partial charge in [-0.25, -0.2) is 13.2 Å². The predicted molar refractivity (Wildman–Crippen MR) is 197 cm³/mol. The summed E-state index contributed by atoms with van der Waals surface area (Å²) in [7, 11) is -3.56. The van der Waals surface area contributed by atoms with Crippen molar-refractivity contribution in [1.82, 2.24) is 26.2 Å². The van der Waals surface area contributed by atoms with E-state index in [0.717, 1.165) is 57.8 Å². The molecule has 0 aromatic carbocycles. The summed E-state index contributed by atoms with van der Waals surface area (Å²) in [5, 5.41) is 11.6. The Morgan fingerprint density at radius 2 is 1.49 bits per heavy atom. The third-order valence-electron chi connectivity index (χ3n) is 11.1. The van der Waals surface area contributed by atoms with Crippen LogP contribution in [0.4, 0.5) is 4.79 Å². The number of carbonyl (C=O) groups excluding carboxylic acids is 5. The van der Waals surface area contributed by atoms with E-state index >= 15 is 0 Å². The fourth-order valence-electron chi connectivity index (χ4n) is 7.58. The molecule has 0 bridgehead atoms. The molecule has 4 aliphatic rings. The summed E-state index contributed by atoms with van der Waals surface area (Å²) < 4.78 is 25.7. The Morgan fingerprint density at radius 3 is 2.02 bits per heavy atom. The normalized spacial score (nSPS) is 23.7. The van der Waals surface area contributed by atoms with Gasteiger partial charge in [-0.1, -0.05) is 66.7 Å². The molecule has 1 heterocycles. The van der Waals surface area contributed by atoms with E-state index in [2.05, 4.69) is 35.1 Å². The van der Waals surface area contributed by atoms with Crippen LogP contribution in [-0.2, 0) is 29.0 Å². The number of likely N-dealkylation sites (tertiary alicyclic amines) is 1. The minimum Gasteiger partial charge on any atom is -0.347 e. The Bertz CT molecular complexity index is 1400. The number of nitrogens with one attached hydrogen (secondary N) is 4. The van der Waals surface area contributed by atoms with Gasteiger partial charge < -0.3 is 26.2 Å². The predicted octanol–water partition coefficient (Wildman–Crippen LogP) is 4.40. The number of hydrogen-bond donors (Lipinski definition) is 4. The summed E-state index contributed by atoms with van der Waals surface area (Å²) in [6.45, 7) is 15.0. The number of Topliss-reactive ketones (excluding diaryl/α,β-unsaturated/α-hetero) is 1. The first-order valence-electron chi connectivity index (χ1n) is 19.4. The van der Waals surface area contributed by atoms with Crippen molar-refractivity contribution in [3.05, 3.63) is 0 Å². The van der Waals surface area contributed by atoms with E-state index in [0.29, 0.717) is 44.1 Å². The molecule has 51 heavy (non-hydrogen) atoms. The Labute approximate surface area is 306 Å². The van der Waals surface area contributed by atoms with Gasteiger partial charge >= 0.3 is 6.03 Å². The van der Waals surface area contributed by atoms with Crippen LogP contribution in [-0.4, -0.2) is 89.6 Å². The zero-order chi connectivity index (χ0) is 37.9. The van der Waals surface area contributed by atoms with Crippen molar-refractivity contribution >= 4 is 39.4 Å². The van der Waals surface area contributed by atoms with Gasteiger partial charge in [0.2, 0.25) is 17.6 Å². The van der Waals surface area contributed by atoms with Crippen molar-refractivity contribution in [2.24, 2.45) is 23.2 Å². The van der Waals surface area contributed by atoms with Crippen molar-refractivity contribution < 1.29 is 32.4 Å². The standard InChI is InChI=1S/C38H65N5O7S/c1-24(2)20-26-21-29(32(45)40-28(17-14-25-12-13-25)30(44)33(46)39-27-15-16-27)43(22-26)34(47)31(36(3,4)5)41-35(48)42-38(18-10-9-11-19-38)23-51(49,50)37(6,7)8/h24-29,31H,9-23H2,1-8H3,(H,39,46)(H,40,45)(H2,41,42,48)/t26-,28-,29+,31-/m1/s1. The molecule has 13 heteroatoms. The Hall–Kier alpha value is -2.70. The summed E-state index contributed by atoms with van der Waals surface area (Å²) in [5.41, 5.74) is -1.71. The maximum atomic E-state index is 14.6. The smallest absolute Gasteiger partial charge is 0.315 e. The zero-order valence-corrected chi connectivity index (χ0v) is 33.2. The van der Waals surface area contributed by atoms with Gasteiger partial charge in [0.1, 0.15) is 12.1 Å². The fraction of sp³-hybridized carbons (Fsp3) is 0.868. The average Bonchev–Trinajstić information content (AvgIpc) is 3.95. The SMILES string of the molecule is CC(C)C[C@@H]1C[C@@H](C(=O)N[C@H](CCC2CC2)C(=O)C(=O)NC2CC2)N(C(=O)[C@@H](NC(=O)NC2(CS(=O)(=O)C(C)(C)C)CCCCC2)C(C)(C)C)C1. The fourth-order valence-corrected chi connectivity index (χ4v) is 9.10. The number of ketones is 1. The van der Waals surface area contributed by atoms with Gasteiger partial charge in [-0.3, -0.25) is 19.2 Å². The van der Waals surface area contributed by atoms with Crippen LogP contribution in [0.2, 0.25) is 0 Å². The molecular weight excluding hydrogens is 671 g/mol. The molecule has 4 atom stereocenters. The van der Waals surface area contributed by atoms with Gasteiger partial charge in [-0.05, 0) is 95.3 Å². The van der Waals surface area contributed by atoms with Crippen LogP contribution < -0.4 is 21.3 Å². The molecule has 0 aromatic rings. The minimum absolute atomic E-state index is 0.0101. The second-order valence-corrected chi connectivity index (χ2v) is 21.3. The van der Waals surface area contributed by atoms with Crippen molar-refractivity contribution in [2.45, 2.75) is 173 Å². The number of rotatable bonds is 15. The molecule has 3 aliphatic carbocycles. The highest BCUT2D eigenvalue weighted by molar-refractivity contribution is 7.92. The van der Waals surface area contributed by atoms with E-state index in [1.54, 1.807) is 25.7 Å². The van der Waals surface area contributed by atoms with Crippen molar-refractivity contribution in [3.8, 4) is 0 Å². The van der Waals surface area contributed by atoms with E-state index in [-0.39, 0.29) is 17.7 Å². The van der Waals surface area contributed by atoms with Gasteiger partial charge in [0.05, 0.1) is 22.1 Å². The third-order valence-corrected chi connectivity index (χ3v) is 13.9. The van der Waals surface area contributed by atoms with Crippen LogP contribution >= 0.6 is 0 Å². The lowest BCUT2D eigenvalue weighted by molar-refractivity contribution is -0.144. The molecule has 0 unspecified atom stereocenters. The molecule has 1 saturated heterocycles. The molecule has 5 amide bonds. The molecule has 12 nitrogen and oxygen atoms in total. The monoisotopic (exact) mass is 735 g/mol. The summed E-state index contributed by atoms with van der Waals surface area (Å²) >= 11 is 0. The van der Waals surface area contributed by atoms with Gasteiger partial charge in [0, 0.05) is 12.6 Å². The molecule has 0 radical (unpaired) electrons. The third kappa shape index (κ3) is 11.4. The van der Waals surface area contributed by atoms with E-state index < -0.39 is 73.2 Å². The Morgan fingerprint density at radius 1 is 0.863 bits per heavy atom. The molecule has 1 aliphatic heterocycles. The number of urea groups is 1. The second-order valence-electron chi connectivity index (χ2n) is 18.5. The van der Waals surface area contributed by atoms with Crippen molar-refractivity contribution in [2.75, 3.05) is 12.3 Å².